The lowest BCUT2D eigenvalue weighted by molar-refractivity contribution is -0.137. The molecule has 0 amide bonds. The second-order valence-corrected chi connectivity index (χ2v) is 4.29. The molecule has 2 aromatic carbocycles. The first-order valence-electron chi connectivity index (χ1n) is 5.75. The van der Waals surface area contributed by atoms with E-state index in [9.17, 15) is 13.2 Å². The van der Waals surface area contributed by atoms with Gasteiger partial charge < -0.3 is 4.74 Å². The predicted molar refractivity (Wildman–Crippen MR) is 64.5 cm³/mol. The fraction of sp³-hybridized carbons (Fsp3) is 0.133. The van der Waals surface area contributed by atoms with Gasteiger partial charge in [0.05, 0.1) is 5.56 Å². The summed E-state index contributed by atoms with van der Waals surface area (Å²) in [5.41, 5.74) is 1.84. The summed E-state index contributed by atoms with van der Waals surface area (Å²) in [6.45, 7) is 2.75. The van der Waals surface area contributed by atoms with E-state index in [1.54, 1.807) is 0 Å². The van der Waals surface area contributed by atoms with E-state index >= 15 is 0 Å². The van der Waals surface area contributed by atoms with Crippen LogP contribution in [0.2, 0.25) is 0 Å². The molecular formula is C15H9F3O. The van der Waals surface area contributed by atoms with E-state index in [1.807, 2.05) is 18.2 Å². The number of halogens is 3. The van der Waals surface area contributed by atoms with Crippen LogP contribution in [-0.4, -0.2) is 0 Å². The number of hydrogen-bond acceptors (Lipinski definition) is 1. The minimum atomic E-state index is -4.31. The maximum Gasteiger partial charge on any atom is 0.416 e. The van der Waals surface area contributed by atoms with Gasteiger partial charge in [0.15, 0.2) is 0 Å². The molecule has 1 heterocycles. The summed E-state index contributed by atoms with van der Waals surface area (Å²) in [5.74, 6) is 0.683. The van der Waals surface area contributed by atoms with Crippen molar-refractivity contribution in [3.8, 4) is 16.9 Å². The van der Waals surface area contributed by atoms with Crippen molar-refractivity contribution < 1.29 is 17.9 Å². The third-order valence-corrected chi connectivity index (χ3v) is 3.06. The zero-order chi connectivity index (χ0) is 13.5. The van der Waals surface area contributed by atoms with Crippen LogP contribution in [0.4, 0.5) is 13.2 Å². The smallest absolute Gasteiger partial charge is 0.416 e. The van der Waals surface area contributed by atoms with Crippen molar-refractivity contribution in [3.63, 3.8) is 0 Å². The lowest BCUT2D eigenvalue weighted by atomic mass is 10.00. The number of rotatable bonds is 1. The van der Waals surface area contributed by atoms with Crippen LogP contribution in [-0.2, 0) is 12.6 Å². The predicted octanol–water partition coefficient (Wildman–Crippen LogP) is 4.35. The Morgan fingerprint density at radius 2 is 1.74 bits per heavy atom. The first-order chi connectivity index (χ1) is 9.05. The molecule has 0 fully saturated rings. The standard InChI is InChI=1S/C15H9F3O/c16-15(17,18)12-6-4-10(5-7-12)13-3-1-2-11-8-9-19-14(11)13/h1-7H,8H2. The third kappa shape index (κ3) is 2.18. The zero-order valence-electron chi connectivity index (χ0n) is 9.79. The molecule has 0 aliphatic carbocycles. The molecule has 0 unspecified atom stereocenters. The van der Waals surface area contributed by atoms with Gasteiger partial charge in [-0.3, -0.25) is 0 Å². The summed E-state index contributed by atoms with van der Waals surface area (Å²) >= 11 is 0. The maximum atomic E-state index is 12.5. The summed E-state index contributed by atoms with van der Waals surface area (Å²) in [4.78, 5) is 0. The SMILES string of the molecule is FC(F)(F)c1ccc(-c2cccc3c2O[C]C3)cc1. The summed E-state index contributed by atoms with van der Waals surface area (Å²) < 4.78 is 42.8. The highest BCUT2D eigenvalue weighted by atomic mass is 19.4. The minimum absolute atomic E-state index is 0.601. The van der Waals surface area contributed by atoms with Gasteiger partial charge in [-0.05, 0) is 23.3 Å². The third-order valence-electron chi connectivity index (χ3n) is 3.06. The van der Waals surface area contributed by atoms with Crippen LogP contribution in [0.15, 0.2) is 42.5 Å². The molecular weight excluding hydrogens is 253 g/mol. The van der Waals surface area contributed by atoms with Crippen molar-refractivity contribution in [1.82, 2.24) is 0 Å². The van der Waals surface area contributed by atoms with Gasteiger partial charge >= 0.3 is 6.18 Å². The second kappa shape index (κ2) is 4.30. The van der Waals surface area contributed by atoms with Crippen molar-refractivity contribution in [1.29, 1.82) is 0 Å². The van der Waals surface area contributed by atoms with Gasteiger partial charge in [-0.2, -0.15) is 13.2 Å². The number of ether oxygens (including phenoxy) is 1. The van der Waals surface area contributed by atoms with Crippen molar-refractivity contribution in [3.05, 3.63) is 60.2 Å². The number of benzene rings is 2. The molecule has 19 heavy (non-hydrogen) atoms. The minimum Gasteiger partial charge on any atom is -0.477 e. The fourth-order valence-corrected chi connectivity index (χ4v) is 2.10. The molecule has 1 aliphatic heterocycles. The van der Waals surface area contributed by atoms with E-state index in [1.165, 1.54) is 12.1 Å². The van der Waals surface area contributed by atoms with E-state index in [-0.39, 0.29) is 0 Å². The van der Waals surface area contributed by atoms with E-state index in [0.29, 0.717) is 17.7 Å². The van der Waals surface area contributed by atoms with Crippen molar-refractivity contribution >= 4 is 0 Å². The fourth-order valence-electron chi connectivity index (χ4n) is 2.10. The zero-order valence-corrected chi connectivity index (χ0v) is 9.79. The van der Waals surface area contributed by atoms with E-state index < -0.39 is 11.7 Å². The lowest BCUT2D eigenvalue weighted by Crippen LogP contribution is -2.04. The highest BCUT2D eigenvalue weighted by molar-refractivity contribution is 5.73. The summed E-state index contributed by atoms with van der Waals surface area (Å²) in [5, 5.41) is 0. The lowest BCUT2D eigenvalue weighted by Gasteiger charge is -2.10. The van der Waals surface area contributed by atoms with Crippen molar-refractivity contribution in [2.75, 3.05) is 0 Å². The maximum absolute atomic E-state index is 12.5. The van der Waals surface area contributed by atoms with Crippen LogP contribution in [0.5, 0.6) is 5.75 Å². The summed E-state index contributed by atoms with van der Waals surface area (Å²) in [6, 6.07) is 10.7. The number of hydrogen-bond donors (Lipinski definition) is 0. The Morgan fingerprint density at radius 3 is 2.42 bits per heavy atom. The van der Waals surface area contributed by atoms with Gasteiger partial charge in [0, 0.05) is 12.0 Å². The largest absolute Gasteiger partial charge is 0.477 e. The van der Waals surface area contributed by atoms with Gasteiger partial charge in [0.1, 0.15) is 5.75 Å². The van der Waals surface area contributed by atoms with Gasteiger partial charge in [0.2, 0.25) is 6.61 Å². The molecule has 0 spiro atoms. The van der Waals surface area contributed by atoms with Crippen LogP contribution >= 0.6 is 0 Å². The first kappa shape index (κ1) is 12.1. The van der Waals surface area contributed by atoms with Gasteiger partial charge in [-0.25, -0.2) is 0 Å². The molecule has 2 radical (unpaired) electrons. The Kier molecular flexibility index (Phi) is 2.73. The van der Waals surface area contributed by atoms with Crippen molar-refractivity contribution in [2.24, 2.45) is 0 Å². The quantitative estimate of drug-likeness (QED) is 0.742. The molecule has 0 bridgehead atoms. The second-order valence-electron chi connectivity index (χ2n) is 4.29. The van der Waals surface area contributed by atoms with Crippen molar-refractivity contribution in [2.45, 2.75) is 12.6 Å². The molecule has 0 atom stereocenters. The molecule has 4 heteroatoms. The summed E-state index contributed by atoms with van der Waals surface area (Å²) in [7, 11) is 0. The average molecular weight is 262 g/mol. The highest BCUT2D eigenvalue weighted by Crippen LogP contribution is 2.38. The topological polar surface area (TPSA) is 9.23 Å². The molecule has 0 saturated carbocycles. The normalized spacial score (nSPS) is 14.1. The molecule has 1 nitrogen and oxygen atoms in total. The summed E-state index contributed by atoms with van der Waals surface area (Å²) in [6.07, 6.45) is -3.71. The molecule has 96 valence electrons. The van der Waals surface area contributed by atoms with Crippen LogP contribution in [0, 0.1) is 6.61 Å². The van der Waals surface area contributed by atoms with E-state index in [4.69, 9.17) is 4.74 Å². The molecule has 0 saturated heterocycles. The molecule has 2 aromatic rings. The Bertz CT molecular complexity index is 600. The Hall–Kier alpha value is -1.97. The molecule has 1 aliphatic rings. The number of fused-ring (bicyclic) bond motifs is 1. The first-order valence-corrected chi connectivity index (χ1v) is 5.75. The van der Waals surface area contributed by atoms with Gasteiger partial charge in [-0.1, -0.05) is 30.3 Å². The average Bonchev–Trinajstić information content (AvgIpc) is 2.86. The van der Waals surface area contributed by atoms with E-state index in [0.717, 1.165) is 23.3 Å². The van der Waals surface area contributed by atoms with Gasteiger partial charge in [0.25, 0.3) is 0 Å². The van der Waals surface area contributed by atoms with Crippen LogP contribution in [0.1, 0.15) is 11.1 Å². The number of alkyl halides is 3. The van der Waals surface area contributed by atoms with E-state index in [2.05, 4.69) is 6.61 Å². The Morgan fingerprint density at radius 1 is 1.00 bits per heavy atom. The van der Waals surface area contributed by atoms with Crippen LogP contribution in [0.25, 0.3) is 11.1 Å². The van der Waals surface area contributed by atoms with Gasteiger partial charge in [-0.15, -0.1) is 0 Å². The molecule has 3 rings (SSSR count). The molecule has 0 N–H and O–H groups in total. The highest BCUT2D eigenvalue weighted by Gasteiger charge is 2.30. The Labute approximate surface area is 108 Å². The number of para-hydroxylation sites is 1. The van der Waals surface area contributed by atoms with Crippen LogP contribution < -0.4 is 4.74 Å². The van der Waals surface area contributed by atoms with Crippen LogP contribution in [0.3, 0.4) is 0 Å². The monoisotopic (exact) mass is 262 g/mol. The molecule has 0 aromatic heterocycles. The Balaban J connectivity index is 2.02.